The van der Waals surface area contributed by atoms with Crippen molar-refractivity contribution in [2.24, 2.45) is 0 Å². The lowest BCUT2D eigenvalue weighted by Gasteiger charge is -2.22. The van der Waals surface area contributed by atoms with Crippen LogP contribution in [0, 0.1) is 0 Å². The van der Waals surface area contributed by atoms with Crippen LogP contribution >= 0.6 is 45.8 Å². The molecule has 0 saturated heterocycles. The molecule has 0 amide bonds. The molecule has 4 aromatic rings. The van der Waals surface area contributed by atoms with E-state index >= 15 is 0 Å². The molecule has 4 heterocycles. The van der Waals surface area contributed by atoms with Gasteiger partial charge in [0.2, 0.25) is 0 Å². The molecule has 3 aromatic heterocycles. The summed E-state index contributed by atoms with van der Waals surface area (Å²) in [4.78, 5) is 33.7. The van der Waals surface area contributed by atoms with Gasteiger partial charge in [0.1, 0.15) is 4.88 Å². The van der Waals surface area contributed by atoms with Gasteiger partial charge >= 0.3 is 11.9 Å². The zero-order chi connectivity index (χ0) is 25.9. The van der Waals surface area contributed by atoms with Crippen LogP contribution in [0.15, 0.2) is 65.6 Å². The van der Waals surface area contributed by atoms with Crippen molar-refractivity contribution in [1.29, 1.82) is 0 Å². The number of likely N-dealkylation sites (N-methyl/N-ethyl adjacent to an activating group) is 1. The zero-order valence-electron chi connectivity index (χ0n) is 20.6. The molecular formula is C28H25NO4S4. The summed E-state index contributed by atoms with van der Waals surface area (Å²) in [6.45, 7) is 3.14. The molecule has 0 spiro atoms. The van der Waals surface area contributed by atoms with Crippen LogP contribution in [-0.4, -0.2) is 38.1 Å². The standard InChI is InChI=1S/C28H25NO4S4/c1-4-29-19-7-5-6-8-20(19)36-25(29)14-10-18-9-11-21(34-18)24-15-17(16-26(30)32-2)27(37-24)22-12-13-23(35-22)28(31)33-3/h5-15,25H,4,16H2,1-3H3/b14-10+. The van der Waals surface area contributed by atoms with Crippen LogP contribution < -0.4 is 4.90 Å². The van der Waals surface area contributed by atoms with E-state index in [2.05, 4.69) is 66.4 Å². The van der Waals surface area contributed by atoms with Crippen LogP contribution in [0.25, 0.3) is 25.6 Å². The Kier molecular flexibility index (Phi) is 7.85. The fourth-order valence-corrected chi connectivity index (χ4v) is 8.68. The van der Waals surface area contributed by atoms with Gasteiger partial charge in [-0.15, -0.1) is 34.0 Å². The fourth-order valence-electron chi connectivity index (χ4n) is 4.16. The van der Waals surface area contributed by atoms with Crippen molar-refractivity contribution < 1.29 is 19.1 Å². The number of benzene rings is 1. The number of thioether (sulfide) groups is 1. The smallest absolute Gasteiger partial charge is 0.348 e. The van der Waals surface area contributed by atoms with Crippen molar-refractivity contribution in [3.63, 3.8) is 0 Å². The number of carbonyl (C=O) groups excluding carboxylic acids is 2. The summed E-state index contributed by atoms with van der Waals surface area (Å²) in [6, 6.07) is 18.6. The number of esters is 2. The van der Waals surface area contributed by atoms with Crippen LogP contribution in [0.4, 0.5) is 5.69 Å². The quantitative estimate of drug-likeness (QED) is 0.204. The minimum atomic E-state index is -0.359. The lowest BCUT2D eigenvalue weighted by molar-refractivity contribution is -0.139. The molecule has 1 unspecified atom stereocenters. The van der Waals surface area contributed by atoms with E-state index in [1.807, 2.05) is 17.8 Å². The van der Waals surface area contributed by atoms with Crippen LogP contribution in [0.2, 0.25) is 0 Å². The van der Waals surface area contributed by atoms with Gasteiger partial charge in [-0.2, -0.15) is 0 Å². The second-order valence-corrected chi connectivity index (χ2v) is 12.6. The first-order chi connectivity index (χ1) is 18.0. The van der Waals surface area contributed by atoms with E-state index in [0.29, 0.717) is 4.88 Å². The topological polar surface area (TPSA) is 55.8 Å². The molecule has 0 fully saturated rings. The summed E-state index contributed by atoms with van der Waals surface area (Å²) in [5.74, 6) is -0.650. The number of carbonyl (C=O) groups is 2. The van der Waals surface area contributed by atoms with E-state index in [1.54, 1.807) is 28.7 Å². The molecule has 0 radical (unpaired) electrons. The highest BCUT2D eigenvalue weighted by molar-refractivity contribution is 8.00. The molecular weight excluding hydrogens is 543 g/mol. The van der Waals surface area contributed by atoms with Crippen molar-refractivity contribution >= 4 is 69.5 Å². The minimum Gasteiger partial charge on any atom is -0.469 e. The number of ether oxygens (including phenoxy) is 2. The molecule has 5 rings (SSSR count). The summed E-state index contributed by atoms with van der Waals surface area (Å²) in [5.41, 5.74) is 2.19. The Morgan fingerprint density at radius 3 is 2.54 bits per heavy atom. The van der Waals surface area contributed by atoms with Gasteiger partial charge in [0.15, 0.2) is 0 Å². The lowest BCUT2D eigenvalue weighted by Crippen LogP contribution is -2.27. The van der Waals surface area contributed by atoms with Crippen molar-refractivity contribution in [3.05, 3.63) is 76.0 Å². The molecule has 0 bridgehead atoms. The van der Waals surface area contributed by atoms with E-state index < -0.39 is 0 Å². The molecule has 0 aliphatic carbocycles. The third-order valence-electron chi connectivity index (χ3n) is 5.95. The second kappa shape index (κ2) is 11.3. The highest BCUT2D eigenvalue weighted by Crippen LogP contribution is 2.45. The molecule has 1 aromatic carbocycles. The maximum Gasteiger partial charge on any atom is 0.348 e. The summed E-state index contributed by atoms with van der Waals surface area (Å²) >= 11 is 6.60. The van der Waals surface area contributed by atoms with E-state index in [9.17, 15) is 9.59 Å². The fraction of sp³-hybridized carbons (Fsp3) is 0.214. The largest absolute Gasteiger partial charge is 0.469 e. The zero-order valence-corrected chi connectivity index (χ0v) is 23.8. The maximum atomic E-state index is 12.1. The number of para-hydroxylation sites is 1. The third-order valence-corrected chi connectivity index (χ3v) is 10.9. The Hall–Kier alpha value is -2.85. The highest BCUT2D eigenvalue weighted by atomic mass is 32.2. The van der Waals surface area contributed by atoms with Gasteiger partial charge in [0.25, 0.3) is 0 Å². The van der Waals surface area contributed by atoms with Gasteiger partial charge in [-0.25, -0.2) is 4.79 Å². The monoisotopic (exact) mass is 567 g/mol. The third kappa shape index (κ3) is 5.40. The first kappa shape index (κ1) is 25.8. The molecule has 1 aliphatic rings. The number of anilines is 1. The number of nitrogens with zero attached hydrogens (tertiary/aromatic N) is 1. The maximum absolute atomic E-state index is 12.1. The summed E-state index contributed by atoms with van der Waals surface area (Å²) in [7, 11) is 2.77. The van der Waals surface area contributed by atoms with Gasteiger partial charge < -0.3 is 14.4 Å². The second-order valence-electron chi connectivity index (χ2n) is 8.20. The first-order valence-corrected chi connectivity index (χ1v) is 15.0. The molecule has 190 valence electrons. The molecule has 0 N–H and O–H groups in total. The van der Waals surface area contributed by atoms with Crippen molar-refractivity contribution in [3.8, 4) is 19.5 Å². The Morgan fingerprint density at radius 1 is 0.946 bits per heavy atom. The first-order valence-electron chi connectivity index (χ1n) is 11.7. The van der Waals surface area contributed by atoms with E-state index in [4.69, 9.17) is 9.47 Å². The minimum absolute atomic E-state index is 0.179. The van der Waals surface area contributed by atoms with Gasteiger partial charge in [0.05, 0.1) is 31.7 Å². The number of hydrogen-bond donors (Lipinski definition) is 0. The Labute approximate surface area is 232 Å². The summed E-state index contributed by atoms with van der Waals surface area (Å²) in [5, 5.41) is 0.274. The van der Waals surface area contributed by atoms with Crippen molar-refractivity contribution in [2.75, 3.05) is 25.7 Å². The van der Waals surface area contributed by atoms with E-state index in [-0.39, 0.29) is 23.7 Å². The molecule has 5 nitrogen and oxygen atoms in total. The Bertz CT molecular complexity index is 1460. The SMILES string of the molecule is CCN1c2ccccc2SC1/C=C/c1ccc(-c2cc(CC(=O)OC)c(-c3ccc(C(=O)OC)s3)s2)s1. The van der Waals surface area contributed by atoms with Gasteiger partial charge in [-0.3, -0.25) is 4.79 Å². The molecule has 37 heavy (non-hydrogen) atoms. The average molecular weight is 568 g/mol. The Morgan fingerprint density at radius 2 is 1.76 bits per heavy atom. The number of hydrogen-bond acceptors (Lipinski definition) is 9. The highest BCUT2D eigenvalue weighted by Gasteiger charge is 2.26. The molecule has 1 atom stereocenters. The van der Waals surface area contributed by atoms with Crippen molar-refractivity contribution in [2.45, 2.75) is 23.6 Å². The predicted molar refractivity (Wildman–Crippen MR) is 156 cm³/mol. The van der Waals surface area contributed by atoms with Gasteiger partial charge in [0, 0.05) is 35.8 Å². The van der Waals surface area contributed by atoms with Crippen LogP contribution in [0.5, 0.6) is 0 Å². The molecule has 0 saturated carbocycles. The van der Waals surface area contributed by atoms with Crippen LogP contribution in [-0.2, 0) is 20.7 Å². The Balaban J connectivity index is 1.40. The van der Waals surface area contributed by atoms with Crippen LogP contribution in [0.3, 0.4) is 0 Å². The molecule has 9 heteroatoms. The number of fused-ring (bicyclic) bond motifs is 1. The molecule has 1 aliphatic heterocycles. The van der Waals surface area contributed by atoms with Crippen LogP contribution in [0.1, 0.15) is 27.0 Å². The number of rotatable bonds is 8. The number of thiophene rings is 3. The normalized spacial score (nSPS) is 14.8. The summed E-state index contributed by atoms with van der Waals surface area (Å²) < 4.78 is 9.79. The lowest BCUT2D eigenvalue weighted by atomic mass is 10.1. The number of methoxy groups -OCH3 is 2. The van der Waals surface area contributed by atoms with E-state index in [0.717, 1.165) is 31.6 Å². The average Bonchev–Trinajstić information content (AvgIpc) is 3.71. The van der Waals surface area contributed by atoms with E-state index in [1.165, 1.54) is 41.0 Å². The van der Waals surface area contributed by atoms with Gasteiger partial charge in [-0.1, -0.05) is 30.0 Å². The van der Waals surface area contributed by atoms with Crippen molar-refractivity contribution in [1.82, 2.24) is 0 Å². The van der Waals surface area contributed by atoms with Gasteiger partial charge in [-0.05, 0) is 61.0 Å². The summed E-state index contributed by atoms with van der Waals surface area (Å²) in [6.07, 6.45) is 4.65. The predicted octanol–water partition coefficient (Wildman–Crippen LogP) is 7.68.